The number of hydrogen-bond acceptors (Lipinski definition) is 6. The van der Waals surface area contributed by atoms with Crippen LogP contribution in [0.4, 0.5) is 0 Å². The molecule has 0 aromatic heterocycles. The maximum atomic E-state index is 12.8. The van der Waals surface area contributed by atoms with Gasteiger partial charge in [-0.3, -0.25) is 14.4 Å². The highest BCUT2D eigenvalue weighted by molar-refractivity contribution is 5.71. The molecular weight excluding hydrogens is 793 g/mol. The summed E-state index contributed by atoms with van der Waals surface area (Å²) in [5.74, 6) is -0.887. The third-order valence-electron chi connectivity index (χ3n) is 12.1. The zero-order chi connectivity index (χ0) is 46.5. The maximum Gasteiger partial charge on any atom is 0.306 e. The summed E-state index contributed by atoms with van der Waals surface area (Å²) in [5, 5.41) is 0. The topological polar surface area (TPSA) is 78.9 Å². The molecule has 0 N–H and O–H groups in total. The van der Waals surface area contributed by atoms with Crippen molar-refractivity contribution >= 4 is 17.9 Å². The van der Waals surface area contributed by atoms with Crippen molar-refractivity contribution in [2.45, 2.75) is 290 Å². The first-order valence-corrected chi connectivity index (χ1v) is 27.6. The van der Waals surface area contributed by atoms with Crippen molar-refractivity contribution in [3.05, 3.63) is 48.6 Å². The van der Waals surface area contributed by atoms with E-state index in [1.165, 1.54) is 148 Å². The van der Waals surface area contributed by atoms with E-state index >= 15 is 0 Å². The van der Waals surface area contributed by atoms with Gasteiger partial charge in [0.25, 0.3) is 0 Å². The number of hydrogen-bond donors (Lipinski definition) is 0. The van der Waals surface area contributed by atoms with Crippen LogP contribution in [0.3, 0.4) is 0 Å². The van der Waals surface area contributed by atoms with Crippen molar-refractivity contribution in [2.24, 2.45) is 0 Å². The van der Waals surface area contributed by atoms with Gasteiger partial charge in [-0.2, -0.15) is 0 Å². The van der Waals surface area contributed by atoms with Crippen molar-refractivity contribution in [1.29, 1.82) is 0 Å². The molecule has 6 heteroatoms. The summed E-state index contributed by atoms with van der Waals surface area (Å²) >= 11 is 0. The molecule has 0 heterocycles. The number of carbonyl (C=O) groups excluding carboxylic acids is 3. The predicted molar refractivity (Wildman–Crippen MR) is 275 cm³/mol. The van der Waals surface area contributed by atoms with Crippen LogP contribution >= 0.6 is 0 Å². The van der Waals surface area contributed by atoms with Crippen molar-refractivity contribution in [3.8, 4) is 0 Å². The van der Waals surface area contributed by atoms with Gasteiger partial charge < -0.3 is 14.2 Å². The van der Waals surface area contributed by atoms with Gasteiger partial charge in [-0.1, -0.05) is 256 Å². The first kappa shape index (κ1) is 61.4. The molecule has 372 valence electrons. The fourth-order valence-electron chi connectivity index (χ4n) is 7.96. The lowest BCUT2D eigenvalue weighted by Gasteiger charge is -2.18. The van der Waals surface area contributed by atoms with Crippen LogP contribution in [0.2, 0.25) is 0 Å². The Hall–Kier alpha value is -2.63. The van der Waals surface area contributed by atoms with Crippen molar-refractivity contribution in [1.82, 2.24) is 0 Å². The van der Waals surface area contributed by atoms with Gasteiger partial charge in [0.15, 0.2) is 6.10 Å². The smallest absolute Gasteiger partial charge is 0.306 e. The number of carbonyl (C=O) groups is 3. The lowest BCUT2D eigenvalue weighted by Crippen LogP contribution is -2.30. The summed E-state index contributed by atoms with van der Waals surface area (Å²) in [6.45, 7) is 6.54. The number of esters is 3. The molecule has 0 radical (unpaired) electrons. The molecule has 0 rings (SSSR count). The standard InChI is InChI=1S/C58H104O6/c1-4-7-10-13-16-19-22-25-27-29-31-33-36-39-42-45-48-51-57(60)63-54-55(53-62-56(59)50-47-44-41-38-35-32-24-21-18-15-12-9-6-3)64-58(61)52-49-46-43-40-37-34-30-28-26-23-20-17-14-11-8-5-2/h7,10,16,19,25,27,31,33,55H,4-6,8-9,11-15,17-18,20-24,26,28-30,32,34-54H2,1-3H3/b10-7-,19-16-,27-25-,33-31-. The molecule has 0 amide bonds. The molecule has 0 saturated heterocycles. The average Bonchev–Trinajstić information content (AvgIpc) is 3.29. The van der Waals surface area contributed by atoms with Gasteiger partial charge in [0.1, 0.15) is 13.2 Å². The molecular formula is C58H104O6. The highest BCUT2D eigenvalue weighted by Crippen LogP contribution is 2.16. The Morgan fingerprint density at radius 2 is 0.609 bits per heavy atom. The second-order valence-corrected chi connectivity index (χ2v) is 18.5. The van der Waals surface area contributed by atoms with E-state index in [2.05, 4.69) is 69.4 Å². The summed E-state index contributed by atoms with van der Waals surface area (Å²) in [4.78, 5) is 38.1. The lowest BCUT2D eigenvalue weighted by molar-refractivity contribution is -0.167. The minimum atomic E-state index is -0.779. The second-order valence-electron chi connectivity index (χ2n) is 18.5. The van der Waals surface area contributed by atoms with Gasteiger partial charge in [-0.05, 0) is 57.8 Å². The molecule has 0 aliphatic rings. The zero-order valence-electron chi connectivity index (χ0n) is 42.6. The Labute approximate surface area is 397 Å². The molecule has 0 aliphatic heterocycles. The summed E-state index contributed by atoms with van der Waals surface area (Å²) < 4.78 is 16.8. The third kappa shape index (κ3) is 50.4. The van der Waals surface area contributed by atoms with E-state index in [9.17, 15) is 14.4 Å². The average molecular weight is 897 g/mol. The van der Waals surface area contributed by atoms with Gasteiger partial charge in [-0.15, -0.1) is 0 Å². The van der Waals surface area contributed by atoms with E-state index < -0.39 is 6.10 Å². The number of ether oxygens (including phenoxy) is 3. The van der Waals surface area contributed by atoms with Crippen LogP contribution in [0, 0.1) is 0 Å². The minimum Gasteiger partial charge on any atom is -0.462 e. The molecule has 0 bridgehead atoms. The molecule has 0 fully saturated rings. The molecule has 0 aliphatic carbocycles. The second kappa shape index (κ2) is 53.0. The summed E-state index contributed by atoms with van der Waals surface area (Å²) in [6.07, 6.45) is 63.8. The van der Waals surface area contributed by atoms with E-state index in [0.29, 0.717) is 19.3 Å². The Bertz CT molecular complexity index is 1120. The monoisotopic (exact) mass is 897 g/mol. The highest BCUT2D eigenvalue weighted by atomic mass is 16.6. The fourth-order valence-corrected chi connectivity index (χ4v) is 7.96. The van der Waals surface area contributed by atoms with Crippen LogP contribution in [0.5, 0.6) is 0 Å². The Balaban J connectivity index is 4.38. The van der Waals surface area contributed by atoms with Gasteiger partial charge in [0.05, 0.1) is 0 Å². The Morgan fingerprint density at radius 1 is 0.328 bits per heavy atom. The largest absolute Gasteiger partial charge is 0.462 e. The molecule has 1 unspecified atom stereocenters. The molecule has 0 saturated carbocycles. The van der Waals surface area contributed by atoms with Crippen LogP contribution < -0.4 is 0 Å². The van der Waals surface area contributed by atoms with Crippen LogP contribution in [-0.2, 0) is 28.6 Å². The van der Waals surface area contributed by atoms with E-state index in [1.807, 2.05) is 0 Å². The van der Waals surface area contributed by atoms with Crippen LogP contribution in [0.25, 0.3) is 0 Å². The van der Waals surface area contributed by atoms with E-state index in [1.54, 1.807) is 0 Å². The normalized spacial score (nSPS) is 12.4. The third-order valence-corrected chi connectivity index (χ3v) is 12.1. The predicted octanol–water partition coefficient (Wildman–Crippen LogP) is 18.3. The van der Waals surface area contributed by atoms with Gasteiger partial charge >= 0.3 is 17.9 Å². The molecule has 0 aromatic rings. The van der Waals surface area contributed by atoms with Crippen LogP contribution in [0.1, 0.15) is 284 Å². The minimum absolute atomic E-state index is 0.0768. The Morgan fingerprint density at radius 3 is 0.953 bits per heavy atom. The lowest BCUT2D eigenvalue weighted by atomic mass is 10.0. The zero-order valence-corrected chi connectivity index (χ0v) is 42.6. The first-order valence-electron chi connectivity index (χ1n) is 27.6. The van der Waals surface area contributed by atoms with Gasteiger partial charge in [0.2, 0.25) is 0 Å². The van der Waals surface area contributed by atoms with Gasteiger partial charge in [0, 0.05) is 19.3 Å². The van der Waals surface area contributed by atoms with Crippen molar-refractivity contribution < 1.29 is 28.6 Å². The number of unbranched alkanes of at least 4 members (excludes halogenated alkanes) is 31. The number of rotatable bonds is 50. The first-order chi connectivity index (χ1) is 31.5. The molecule has 0 spiro atoms. The summed E-state index contributed by atoms with van der Waals surface area (Å²) in [7, 11) is 0. The molecule has 6 nitrogen and oxygen atoms in total. The maximum absolute atomic E-state index is 12.8. The van der Waals surface area contributed by atoms with Crippen molar-refractivity contribution in [3.63, 3.8) is 0 Å². The Kier molecular flexibility index (Phi) is 50.8. The summed E-state index contributed by atoms with van der Waals surface area (Å²) in [5.41, 5.74) is 0. The van der Waals surface area contributed by atoms with E-state index in [4.69, 9.17) is 14.2 Å². The van der Waals surface area contributed by atoms with Crippen LogP contribution in [-0.4, -0.2) is 37.2 Å². The highest BCUT2D eigenvalue weighted by Gasteiger charge is 2.19. The fraction of sp³-hybridized carbons (Fsp3) is 0.810. The van der Waals surface area contributed by atoms with Crippen LogP contribution in [0.15, 0.2) is 48.6 Å². The quantitative estimate of drug-likeness (QED) is 0.0262. The molecule has 1 atom stereocenters. The SMILES string of the molecule is CC/C=C\C/C=C\C/C=C\C/C=C\CCCCCCC(=O)OCC(COC(=O)CCCCCCCCCCCCCCC)OC(=O)CCCCCCCCCCCCCCCCCC. The van der Waals surface area contributed by atoms with E-state index in [-0.39, 0.29) is 31.1 Å². The molecule has 0 aromatic carbocycles. The van der Waals surface area contributed by atoms with Gasteiger partial charge in [-0.25, -0.2) is 0 Å². The summed E-state index contributed by atoms with van der Waals surface area (Å²) in [6, 6.07) is 0. The van der Waals surface area contributed by atoms with E-state index in [0.717, 1.165) is 96.3 Å². The molecule has 64 heavy (non-hydrogen) atoms. The number of allylic oxidation sites excluding steroid dienone is 8. The van der Waals surface area contributed by atoms with Crippen molar-refractivity contribution in [2.75, 3.05) is 13.2 Å².